The third-order valence-corrected chi connectivity index (χ3v) is 22.0. The number of piperidine rings is 3. The topological polar surface area (TPSA) is 393 Å². The van der Waals surface area contributed by atoms with Crippen molar-refractivity contribution in [3.8, 4) is 34.9 Å². The number of rotatable bonds is 29. The van der Waals surface area contributed by atoms with Gasteiger partial charge in [-0.1, -0.05) is 77.9 Å². The first-order chi connectivity index (χ1) is 56.9. The Hall–Kier alpha value is -10.7. The number of carbonyl (C=O) groups excluding carboxylic acids is 8. The van der Waals surface area contributed by atoms with Crippen LogP contribution < -0.4 is 62.4 Å². The molecule has 6 aromatic rings. The van der Waals surface area contributed by atoms with Crippen molar-refractivity contribution in [1.29, 1.82) is 0 Å². The van der Waals surface area contributed by atoms with Crippen LogP contribution in [0.15, 0.2) is 110 Å². The van der Waals surface area contributed by atoms with Gasteiger partial charge in [0.05, 0.1) is 35.5 Å². The van der Waals surface area contributed by atoms with Gasteiger partial charge in [0.1, 0.15) is 33.9 Å². The van der Waals surface area contributed by atoms with Crippen LogP contribution in [0.3, 0.4) is 0 Å². The second kappa shape index (κ2) is 42.9. The number of carboxylic acids is 1. The van der Waals surface area contributed by atoms with Gasteiger partial charge in [-0.15, -0.1) is 0 Å². The molecule has 36 heteroatoms. The predicted molar refractivity (Wildman–Crippen MR) is 448 cm³/mol. The molecule has 0 radical (unpaired) electrons. The number of carbonyl (C=O) groups is 9. The Bertz CT molecular complexity index is 4540. The van der Waals surface area contributed by atoms with E-state index in [1.165, 1.54) is 67.3 Å². The molecular weight excluding hydrogens is 1590 g/mol. The molecule has 0 bridgehead atoms. The number of esters is 2. The molecule has 34 nitrogen and oxygen atoms in total. The molecule has 0 aliphatic carbocycles. The molecule has 6 aliphatic heterocycles. The molecule has 0 unspecified atom stereocenters. The zero-order chi connectivity index (χ0) is 87.7. The van der Waals surface area contributed by atoms with Crippen LogP contribution in [0.25, 0.3) is 0 Å². The number of ether oxygens (including phenoxy) is 8. The fraction of sp³-hybridized carbons (Fsp3) is 0.547. The number of halogens is 1. The van der Waals surface area contributed by atoms with Crippen LogP contribution in [0.5, 0.6) is 34.9 Å². The number of carboxylic acid groups (broad SMARTS) is 1. The molecule has 658 valence electrons. The Labute approximate surface area is 730 Å². The molecule has 9 heterocycles. The first kappa shape index (κ1) is 98.4. The molecule has 3 spiro atoms. The second-order valence-electron chi connectivity index (χ2n) is 33.0. The molecule has 3 aromatic heterocycles. The van der Waals surface area contributed by atoms with E-state index >= 15 is 0 Å². The van der Waals surface area contributed by atoms with Gasteiger partial charge in [0.2, 0.25) is 51.6 Å². The van der Waals surface area contributed by atoms with Crippen LogP contribution in [0.1, 0.15) is 138 Å². The van der Waals surface area contributed by atoms with Crippen LogP contribution in [0, 0.1) is 17.8 Å². The van der Waals surface area contributed by atoms with Gasteiger partial charge in [-0.25, -0.2) is 43.7 Å². The minimum atomic E-state index is -1.45. The summed E-state index contributed by atoms with van der Waals surface area (Å²) >= 11 is 5.57. The van der Waals surface area contributed by atoms with Crippen molar-refractivity contribution < 1.29 is 110 Å². The molecular formula is C86H117ClLiN15O19. The Balaban J connectivity index is 0.000000234. The Morgan fingerprint density at radius 2 is 0.730 bits per heavy atom. The molecule has 6 saturated heterocycles. The molecule has 122 heavy (non-hydrogen) atoms. The van der Waals surface area contributed by atoms with Crippen molar-refractivity contribution in [2.24, 2.45) is 17.8 Å². The number of imide groups is 3. The molecule has 0 saturated carbocycles. The fourth-order valence-corrected chi connectivity index (χ4v) is 15.4. The third kappa shape index (κ3) is 23.6. The number of amides is 9. The smallest absolute Gasteiger partial charge is 0.870 e. The molecule has 3 N–H and O–H groups in total. The third-order valence-electron chi connectivity index (χ3n) is 21.8. The van der Waals surface area contributed by atoms with Gasteiger partial charge in [-0.05, 0) is 195 Å². The van der Waals surface area contributed by atoms with Crippen LogP contribution in [-0.4, -0.2) is 271 Å². The summed E-state index contributed by atoms with van der Waals surface area (Å²) in [7, 11) is 7.49. The number of nitrogens with zero attached hydrogens (tertiary/aromatic N) is 14. The number of aliphatic carboxylic acids is 1. The summed E-state index contributed by atoms with van der Waals surface area (Å²) in [6, 6.07) is 27.4. The summed E-state index contributed by atoms with van der Waals surface area (Å²) in [5.74, 6) is 2.02. The molecule has 3 aromatic carbocycles. The SMILES string of the molecule is COC(=O)C(C)(C)Oc1ccnc(Cl)n1.COC(=O)C(C)(C)Oc1ccnc(N2CCC3(CC2)C(=O)N(CC(C)C)C(=O)N3CCc2ccc(OC)cc2)n1.COc1ccc(CCN2C(=O)N(CC(C)C)C(=O)C23CCN(c2nccc(OC(C)(C)C(=O)O)n2)CC3)cc1.COc1ccc(CCN2C(=O)N(CC(C)C)C(=O)C23CCNCC3)cc1.[Li+].[OH-]. The molecule has 6 fully saturated rings. The average Bonchev–Trinajstić information content (AvgIpc) is 1.60. The van der Waals surface area contributed by atoms with Crippen LogP contribution in [-0.2, 0) is 57.5 Å². The normalized spacial score (nSPS) is 16.7. The standard InChI is InChI=1S/C29H39N5O6.C28H37N5O6.C20H29N3O3.C9H11ClN2O3.Li.H2O/c1-20(2)19-33-24(35)29(34(27(33)37)16-12-21-7-9-22(38-5)10-8-21)13-17-32(18-14-29)26-30-15-11-23(31-26)40-28(3,4)25(36)39-6;1-19(2)18-32-23(34)28(33(26(32)37)15-11-20-6-8-21(38-5)9-7-20)12-16-31(17-13-28)25-29-14-10-22(30-25)39-27(3,4)24(35)36;1-15(2)14-22-18(24)20(9-11-21-12-10-20)23(19(22)25)13-8-16-4-6-17(26-3)7-5-16;1-9(2,7(13)14-3)15-6-4-5-11-8(10)12-6;;/h7-11,15,20H,12-14,16-19H2,1-6H3;6-10,14,19H,11-13,15-18H2,1-5H3,(H,35,36);4-7,15,21H,8-14H2,1-3H3;4-5H,1-3H3;;1H2/q;;;;+1;/p-1. The molecule has 9 amide bonds. The summed E-state index contributed by atoms with van der Waals surface area (Å²) in [6.45, 7) is 27.5. The number of urea groups is 3. The predicted octanol–water partition coefficient (Wildman–Crippen LogP) is 7.11. The van der Waals surface area contributed by atoms with Crippen LogP contribution >= 0.6 is 11.6 Å². The number of aromatic nitrogens is 6. The maximum atomic E-state index is 13.8. The van der Waals surface area contributed by atoms with E-state index < -0.39 is 51.3 Å². The first-order valence-corrected chi connectivity index (χ1v) is 40.9. The van der Waals surface area contributed by atoms with Gasteiger partial charge < -0.3 is 78.3 Å². The Morgan fingerprint density at radius 1 is 0.443 bits per heavy atom. The summed E-state index contributed by atoms with van der Waals surface area (Å²) in [4.78, 5) is 154. The van der Waals surface area contributed by atoms with E-state index in [4.69, 9.17) is 44.8 Å². The molecule has 0 atom stereocenters. The Morgan fingerprint density at radius 3 is 1.01 bits per heavy atom. The van der Waals surface area contributed by atoms with Crippen molar-refractivity contribution in [3.63, 3.8) is 0 Å². The van der Waals surface area contributed by atoms with Gasteiger partial charge in [-0.2, -0.15) is 15.0 Å². The van der Waals surface area contributed by atoms with Crippen molar-refractivity contribution in [2.75, 3.05) is 124 Å². The maximum Gasteiger partial charge on any atom is 1.00 e. The van der Waals surface area contributed by atoms with Gasteiger partial charge >= 0.3 is 54.9 Å². The second-order valence-corrected chi connectivity index (χ2v) is 33.4. The number of benzene rings is 3. The van der Waals surface area contributed by atoms with Crippen molar-refractivity contribution in [2.45, 2.75) is 174 Å². The van der Waals surface area contributed by atoms with E-state index in [1.54, 1.807) is 71.1 Å². The maximum absolute atomic E-state index is 13.8. The fourth-order valence-electron chi connectivity index (χ4n) is 15.3. The minimum Gasteiger partial charge on any atom is -0.870 e. The number of anilines is 2. The van der Waals surface area contributed by atoms with E-state index in [-0.39, 0.29) is 101 Å². The number of hydrogen-bond acceptors (Lipinski definition) is 27. The number of nitrogens with one attached hydrogen (secondary N) is 1. The van der Waals surface area contributed by atoms with Crippen LogP contribution in [0.4, 0.5) is 26.3 Å². The summed E-state index contributed by atoms with van der Waals surface area (Å²) in [5.41, 5.74) is -3.00. The minimum absolute atomic E-state index is 0. The van der Waals surface area contributed by atoms with E-state index in [0.29, 0.717) is 129 Å². The largest absolute Gasteiger partial charge is 1.00 e. The summed E-state index contributed by atoms with van der Waals surface area (Å²) in [5, 5.41) is 12.7. The van der Waals surface area contributed by atoms with E-state index in [0.717, 1.165) is 53.4 Å². The van der Waals surface area contributed by atoms with Crippen molar-refractivity contribution >= 4 is 77.2 Å². The van der Waals surface area contributed by atoms with E-state index in [1.807, 2.05) is 129 Å². The van der Waals surface area contributed by atoms with Gasteiger partial charge in [0, 0.05) is 102 Å². The number of hydrogen-bond donors (Lipinski definition) is 2. The zero-order valence-corrected chi connectivity index (χ0v) is 74.2. The van der Waals surface area contributed by atoms with Gasteiger partial charge in [-0.3, -0.25) is 29.1 Å². The molecule has 12 rings (SSSR count). The summed E-state index contributed by atoms with van der Waals surface area (Å²) < 4.78 is 41.8. The quantitative estimate of drug-likeness (QED) is 0.0204. The average molecular weight is 1710 g/mol. The first-order valence-electron chi connectivity index (χ1n) is 40.5. The van der Waals surface area contributed by atoms with Gasteiger partial charge in [0.25, 0.3) is 17.7 Å². The van der Waals surface area contributed by atoms with Crippen molar-refractivity contribution in [1.82, 2.24) is 64.6 Å². The van der Waals surface area contributed by atoms with Gasteiger partial charge in [0.15, 0.2) is 0 Å². The van der Waals surface area contributed by atoms with Crippen LogP contribution in [0.2, 0.25) is 5.28 Å². The van der Waals surface area contributed by atoms with Crippen molar-refractivity contribution in [3.05, 3.63) is 132 Å². The monoisotopic (exact) mass is 1710 g/mol. The summed E-state index contributed by atoms with van der Waals surface area (Å²) in [6.07, 6.45) is 9.67. The van der Waals surface area contributed by atoms with E-state index in [9.17, 15) is 48.3 Å². The molecule has 6 aliphatic rings. The van der Waals surface area contributed by atoms with E-state index in [2.05, 4.69) is 40.0 Å². The Kier molecular flexibility index (Phi) is 34.6. The number of methoxy groups -OCH3 is 5. The zero-order valence-electron chi connectivity index (χ0n) is 73.4.